The average Bonchev–Trinajstić information content (AvgIpc) is 2.83. The Labute approximate surface area is 133 Å². The molecule has 0 bridgehead atoms. The van der Waals surface area contributed by atoms with Gasteiger partial charge in [-0.3, -0.25) is 14.4 Å². The van der Waals surface area contributed by atoms with Crippen molar-refractivity contribution < 1.29 is 9.53 Å². The molecule has 7 heteroatoms. The summed E-state index contributed by atoms with van der Waals surface area (Å²) in [6.07, 6.45) is 2.80. The highest BCUT2D eigenvalue weighted by atomic mass is 79.9. The van der Waals surface area contributed by atoms with Gasteiger partial charge in [-0.25, -0.2) is 0 Å². The third-order valence-corrected chi connectivity index (χ3v) is 4.47. The van der Waals surface area contributed by atoms with Gasteiger partial charge in [-0.2, -0.15) is 5.10 Å². The molecule has 1 aliphatic heterocycles. The molecule has 21 heavy (non-hydrogen) atoms. The number of rotatable bonds is 6. The van der Waals surface area contributed by atoms with Crippen LogP contribution in [0.1, 0.15) is 25.1 Å². The second kappa shape index (κ2) is 7.91. The molecule has 1 aromatic heterocycles. The minimum atomic E-state index is -0.293. The van der Waals surface area contributed by atoms with Crippen LogP contribution in [0.15, 0.2) is 10.7 Å². The molecule has 2 rings (SSSR count). The van der Waals surface area contributed by atoms with Crippen molar-refractivity contribution in [3.05, 3.63) is 16.4 Å². The second-order valence-electron chi connectivity index (χ2n) is 5.32. The molecule has 0 radical (unpaired) electrons. The van der Waals surface area contributed by atoms with E-state index >= 15 is 0 Å². The van der Waals surface area contributed by atoms with Crippen LogP contribution >= 0.6 is 15.9 Å². The summed E-state index contributed by atoms with van der Waals surface area (Å²) in [6.45, 7) is 9.08. The molecule has 1 amide bonds. The van der Waals surface area contributed by atoms with Gasteiger partial charge in [0.15, 0.2) is 0 Å². The zero-order valence-corrected chi connectivity index (χ0v) is 14.2. The molecule has 1 atom stereocenters. The van der Waals surface area contributed by atoms with Crippen molar-refractivity contribution in [1.82, 2.24) is 20.0 Å². The van der Waals surface area contributed by atoms with Gasteiger partial charge in [0, 0.05) is 25.8 Å². The van der Waals surface area contributed by atoms with Gasteiger partial charge in [0.2, 0.25) is 5.91 Å². The minimum absolute atomic E-state index is 0.00646. The summed E-state index contributed by atoms with van der Waals surface area (Å²) in [5.74, 6) is 0.00646. The average molecular weight is 359 g/mol. The Morgan fingerprint density at radius 1 is 1.52 bits per heavy atom. The number of aryl methyl sites for hydroxylation is 1. The van der Waals surface area contributed by atoms with E-state index in [0.29, 0.717) is 6.54 Å². The van der Waals surface area contributed by atoms with Crippen LogP contribution in [0.4, 0.5) is 0 Å². The number of morpholine rings is 1. The first-order valence-electron chi connectivity index (χ1n) is 7.37. The Morgan fingerprint density at radius 2 is 2.24 bits per heavy atom. The zero-order valence-electron chi connectivity index (χ0n) is 12.6. The molecular formula is C14H23BrN4O2. The summed E-state index contributed by atoms with van der Waals surface area (Å²) in [6, 6.07) is -0.293. The lowest BCUT2D eigenvalue weighted by molar-refractivity contribution is -0.124. The van der Waals surface area contributed by atoms with Crippen LogP contribution in [0.25, 0.3) is 0 Å². The van der Waals surface area contributed by atoms with Crippen molar-refractivity contribution in [3.8, 4) is 0 Å². The van der Waals surface area contributed by atoms with Crippen LogP contribution in [-0.2, 0) is 9.53 Å². The van der Waals surface area contributed by atoms with Crippen LogP contribution in [0.2, 0.25) is 0 Å². The number of ether oxygens (including phenoxy) is 1. The number of halogens is 1. The number of aromatic nitrogens is 2. The van der Waals surface area contributed by atoms with E-state index in [-0.39, 0.29) is 11.9 Å². The molecule has 118 valence electrons. The van der Waals surface area contributed by atoms with Gasteiger partial charge in [0.05, 0.1) is 23.4 Å². The smallest absolute Gasteiger partial charge is 0.244 e. The lowest BCUT2D eigenvalue weighted by Gasteiger charge is -2.26. The maximum Gasteiger partial charge on any atom is 0.244 e. The van der Waals surface area contributed by atoms with E-state index in [0.717, 1.165) is 49.4 Å². The fourth-order valence-electron chi connectivity index (χ4n) is 2.26. The first-order valence-corrected chi connectivity index (χ1v) is 8.16. The highest BCUT2D eigenvalue weighted by Gasteiger charge is 2.16. The number of carbonyl (C=O) groups excluding carboxylic acids is 1. The van der Waals surface area contributed by atoms with E-state index in [4.69, 9.17) is 4.74 Å². The predicted octanol–water partition coefficient (Wildman–Crippen LogP) is 1.35. The molecule has 2 heterocycles. The molecule has 0 aromatic carbocycles. The first-order chi connectivity index (χ1) is 10.1. The molecule has 1 unspecified atom stereocenters. The fourth-order valence-corrected chi connectivity index (χ4v) is 2.55. The molecule has 6 nitrogen and oxygen atoms in total. The van der Waals surface area contributed by atoms with Crippen LogP contribution in [-0.4, -0.2) is 60.0 Å². The Balaban J connectivity index is 1.68. The van der Waals surface area contributed by atoms with E-state index in [9.17, 15) is 4.79 Å². The van der Waals surface area contributed by atoms with E-state index < -0.39 is 0 Å². The SMILES string of the molecule is Cc1nn(C(C)C(=O)NCCCN2CCOCC2)cc1Br. The normalized spacial score (nSPS) is 17.7. The second-order valence-corrected chi connectivity index (χ2v) is 6.17. The lowest BCUT2D eigenvalue weighted by Crippen LogP contribution is -2.38. The van der Waals surface area contributed by atoms with Gasteiger partial charge in [-0.05, 0) is 42.7 Å². The quantitative estimate of drug-likeness (QED) is 0.780. The number of amides is 1. The highest BCUT2D eigenvalue weighted by Crippen LogP contribution is 2.16. The Hall–Kier alpha value is -0.920. The summed E-state index contributed by atoms with van der Waals surface area (Å²) in [5, 5.41) is 7.30. The standard InChI is InChI=1S/C14H23BrN4O2/c1-11-13(15)10-19(17-11)12(2)14(20)16-4-3-5-18-6-8-21-9-7-18/h10,12H,3-9H2,1-2H3,(H,16,20). The van der Waals surface area contributed by atoms with Crippen molar-refractivity contribution in [2.24, 2.45) is 0 Å². The number of nitrogens with zero attached hydrogens (tertiary/aromatic N) is 3. The van der Waals surface area contributed by atoms with Crippen molar-refractivity contribution in [3.63, 3.8) is 0 Å². The molecule has 1 aromatic rings. The third kappa shape index (κ3) is 4.79. The Bertz CT molecular complexity index is 452. The Morgan fingerprint density at radius 3 is 2.86 bits per heavy atom. The van der Waals surface area contributed by atoms with Crippen LogP contribution < -0.4 is 5.32 Å². The largest absolute Gasteiger partial charge is 0.379 e. The van der Waals surface area contributed by atoms with Crippen molar-refractivity contribution in [1.29, 1.82) is 0 Å². The number of hydrogen-bond donors (Lipinski definition) is 1. The number of carbonyl (C=O) groups is 1. The van der Waals surface area contributed by atoms with Crippen molar-refractivity contribution in [2.75, 3.05) is 39.4 Å². The summed E-state index contributed by atoms with van der Waals surface area (Å²) >= 11 is 3.41. The molecule has 0 saturated carbocycles. The molecule has 0 spiro atoms. The van der Waals surface area contributed by atoms with Crippen LogP contribution in [0.3, 0.4) is 0 Å². The van der Waals surface area contributed by atoms with Gasteiger partial charge in [0.25, 0.3) is 0 Å². The number of hydrogen-bond acceptors (Lipinski definition) is 4. The highest BCUT2D eigenvalue weighted by molar-refractivity contribution is 9.10. The Kier molecular flexibility index (Phi) is 6.20. The first kappa shape index (κ1) is 16.5. The van der Waals surface area contributed by atoms with Crippen molar-refractivity contribution >= 4 is 21.8 Å². The van der Waals surface area contributed by atoms with E-state index in [1.165, 1.54) is 0 Å². The topological polar surface area (TPSA) is 59.4 Å². The van der Waals surface area contributed by atoms with Gasteiger partial charge < -0.3 is 10.1 Å². The number of nitrogens with one attached hydrogen (secondary N) is 1. The third-order valence-electron chi connectivity index (χ3n) is 3.69. The summed E-state index contributed by atoms with van der Waals surface area (Å²) in [5.41, 5.74) is 0.891. The van der Waals surface area contributed by atoms with Gasteiger partial charge in [-0.15, -0.1) is 0 Å². The van der Waals surface area contributed by atoms with E-state index in [1.807, 2.05) is 20.0 Å². The summed E-state index contributed by atoms with van der Waals surface area (Å²) < 4.78 is 7.93. The van der Waals surface area contributed by atoms with Crippen LogP contribution in [0, 0.1) is 6.92 Å². The maximum atomic E-state index is 12.1. The lowest BCUT2D eigenvalue weighted by atomic mass is 10.3. The molecule has 1 N–H and O–H groups in total. The van der Waals surface area contributed by atoms with Gasteiger partial charge in [-0.1, -0.05) is 0 Å². The van der Waals surface area contributed by atoms with E-state index in [1.54, 1.807) is 4.68 Å². The van der Waals surface area contributed by atoms with Crippen LogP contribution in [0.5, 0.6) is 0 Å². The molecule has 1 fully saturated rings. The molecule has 1 saturated heterocycles. The summed E-state index contributed by atoms with van der Waals surface area (Å²) in [4.78, 5) is 14.5. The van der Waals surface area contributed by atoms with Crippen molar-refractivity contribution in [2.45, 2.75) is 26.3 Å². The maximum absolute atomic E-state index is 12.1. The predicted molar refractivity (Wildman–Crippen MR) is 84.3 cm³/mol. The summed E-state index contributed by atoms with van der Waals surface area (Å²) in [7, 11) is 0. The molecule has 1 aliphatic rings. The van der Waals surface area contributed by atoms with Gasteiger partial charge in [0.1, 0.15) is 6.04 Å². The zero-order chi connectivity index (χ0) is 15.2. The molecule has 0 aliphatic carbocycles. The molecular weight excluding hydrogens is 336 g/mol. The van der Waals surface area contributed by atoms with Gasteiger partial charge >= 0.3 is 0 Å². The fraction of sp³-hybridized carbons (Fsp3) is 0.714. The monoisotopic (exact) mass is 358 g/mol. The minimum Gasteiger partial charge on any atom is -0.379 e. The van der Waals surface area contributed by atoms with E-state index in [2.05, 4.69) is 31.2 Å².